The number of hydrogen-bond donors (Lipinski definition) is 1. The molecule has 0 bridgehead atoms. The highest BCUT2D eigenvalue weighted by atomic mass is 32.2. The second kappa shape index (κ2) is 8.38. The molecule has 1 atom stereocenters. The molecule has 0 radical (unpaired) electrons. The standard InChI is InChI=1S/C20H27N3O4S/c1-15(19-9-6-17(26-2)14-20(19)27-3)22-10-12-23(13-11-22)28(24,25)18-7-4-16(21)5-8-18/h4-9,14-15H,10-13,21H2,1-3H3. The molecule has 152 valence electrons. The number of nitrogens with two attached hydrogens (primary N) is 1. The lowest BCUT2D eigenvalue weighted by molar-refractivity contribution is 0.144. The minimum absolute atomic E-state index is 0.0993. The molecule has 0 aromatic heterocycles. The smallest absolute Gasteiger partial charge is 0.243 e. The van der Waals surface area contributed by atoms with Crippen LogP contribution in [0.5, 0.6) is 11.5 Å². The van der Waals surface area contributed by atoms with E-state index in [0.717, 1.165) is 17.1 Å². The van der Waals surface area contributed by atoms with Gasteiger partial charge in [0.15, 0.2) is 0 Å². The molecule has 1 aliphatic heterocycles. The quantitative estimate of drug-likeness (QED) is 0.743. The van der Waals surface area contributed by atoms with E-state index in [0.29, 0.717) is 31.9 Å². The first-order chi connectivity index (χ1) is 13.4. The maximum Gasteiger partial charge on any atom is 0.243 e. The maximum absolute atomic E-state index is 12.8. The van der Waals surface area contributed by atoms with Gasteiger partial charge in [-0.05, 0) is 37.3 Å². The molecule has 8 heteroatoms. The van der Waals surface area contributed by atoms with Gasteiger partial charge in [0.05, 0.1) is 19.1 Å². The van der Waals surface area contributed by atoms with Gasteiger partial charge in [-0.2, -0.15) is 4.31 Å². The molecular weight excluding hydrogens is 378 g/mol. The first-order valence-corrected chi connectivity index (χ1v) is 10.6. The van der Waals surface area contributed by atoms with Gasteiger partial charge in [-0.1, -0.05) is 6.07 Å². The van der Waals surface area contributed by atoms with Crippen molar-refractivity contribution in [3.05, 3.63) is 48.0 Å². The third-order valence-corrected chi connectivity index (χ3v) is 7.14. The van der Waals surface area contributed by atoms with Crippen LogP contribution in [0, 0.1) is 0 Å². The molecule has 3 rings (SSSR count). The van der Waals surface area contributed by atoms with E-state index in [2.05, 4.69) is 11.8 Å². The Morgan fingerprint density at radius 2 is 1.61 bits per heavy atom. The third kappa shape index (κ3) is 4.09. The second-order valence-electron chi connectivity index (χ2n) is 6.79. The Kier molecular flexibility index (Phi) is 6.12. The average Bonchev–Trinajstić information content (AvgIpc) is 2.73. The summed E-state index contributed by atoms with van der Waals surface area (Å²) >= 11 is 0. The van der Waals surface area contributed by atoms with Crippen molar-refractivity contribution in [2.45, 2.75) is 17.9 Å². The summed E-state index contributed by atoms with van der Waals surface area (Å²) in [4.78, 5) is 2.54. The number of nitrogens with zero attached hydrogens (tertiary/aromatic N) is 2. The Morgan fingerprint density at radius 3 is 2.18 bits per heavy atom. The topological polar surface area (TPSA) is 85.1 Å². The van der Waals surface area contributed by atoms with Gasteiger partial charge in [-0.15, -0.1) is 0 Å². The van der Waals surface area contributed by atoms with Crippen LogP contribution in [0.25, 0.3) is 0 Å². The average molecular weight is 406 g/mol. The van der Waals surface area contributed by atoms with Crippen LogP contribution in [0.2, 0.25) is 0 Å². The fourth-order valence-corrected chi connectivity index (χ4v) is 4.90. The molecule has 0 spiro atoms. The largest absolute Gasteiger partial charge is 0.497 e. The molecular formula is C20H27N3O4S. The van der Waals surface area contributed by atoms with Crippen LogP contribution in [0.4, 0.5) is 5.69 Å². The molecule has 2 aromatic carbocycles. The number of benzene rings is 2. The molecule has 1 unspecified atom stereocenters. The first kappa shape index (κ1) is 20.4. The van der Waals surface area contributed by atoms with Crippen LogP contribution in [0.3, 0.4) is 0 Å². The highest BCUT2D eigenvalue weighted by molar-refractivity contribution is 7.89. The van der Waals surface area contributed by atoms with Gasteiger partial charge in [0.25, 0.3) is 0 Å². The van der Waals surface area contributed by atoms with Crippen LogP contribution in [-0.4, -0.2) is 58.0 Å². The molecule has 0 aliphatic carbocycles. The van der Waals surface area contributed by atoms with E-state index < -0.39 is 10.0 Å². The summed E-state index contributed by atoms with van der Waals surface area (Å²) in [5, 5.41) is 0. The lowest BCUT2D eigenvalue weighted by atomic mass is 10.0. The highest BCUT2D eigenvalue weighted by Gasteiger charge is 2.31. The Labute approximate surface area is 166 Å². The number of methoxy groups -OCH3 is 2. The Balaban J connectivity index is 1.70. The van der Waals surface area contributed by atoms with Crippen molar-refractivity contribution in [1.82, 2.24) is 9.21 Å². The monoisotopic (exact) mass is 405 g/mol. The number of ether oxygens (including phenoxy) is 2. The predicted octanol–water partition coefficient (Wildman–Crippen LogP) is 2.35. The van der Waals surface area contributed by atoms with Gasteiger partial charge in [0, 0.05) is 49.5 Å². The van der Waals surface area contributed by atoms with E-state index in [9.17, 15) is 8.42 Å². The zero-order chi connectivity index (χ0) is 20.3. The molecule has 2 N–H and O–H groups in total. The van der Waals surface area contributed by atoms with Crippen LogP contribution in [0.1, 0.15) is 18.5 Å². The SMILES string of the molecule is COc1ccc(C(C)N2CCN(S(=O)(=O)c3ccc(N)cc3)CC2)c(OC)c1. The molecule has 28 heavy (non-hydrogen) atoms. The zero-order valence-electron chi connectivity index (χ0n) is 16.5. The molecule has 0 saturated carbocycles. The summed E-state index contributed by atoms with van der Waals surface area (Å²) in [5.74, 6) is 1.51. The maximum atomic E-state index is 12.8. The van der Waals surface area contributed by atoms with Crippen molar-refractivity contribution >= 4 is 15.7 Å². The van der Waals surface area contributed by atoms with E-state index in [-0.39, 0.29) is 10.9 Å². The predicted molar refractivity (Wildman–Crippen MR) is 109 cm³/mol. The van der Waals surface area contributed by atoms with Crippen LogP contribution in [-0.2, 0) is 10.0 Å². The van der Waals surface area contributed by atoms with Gasteiger partial charge < -0.3 is 15.2 Å². The Bertz CT molecular complexity index is 908. The molecule has 1 aliphatic rings. The lowest BCUT2D eigenvalue weighted by Gasteiger charge is -2.37. The highest BCUT2D eigenvalue weighted by Crippen LogP contribution is 2.33. The number of anilines is 1. The normalized spacial score (nSPS) is 17.2. The van der Waals surface area contributed by atoms with Crippen molar-refractivity contribution in [3.8, 4) is 11.5 Å². The van der Waals surface area contributed by atoms with Crippen molar-refractivity contribution < 1.29 is 17.9 Å². The van der Waals surface area contributed by atoms with Crippen molar-refractivity contribution in [3.63, 3.8) is 0 Å². The van der Waals surface area contributed by atoms with E-state index >= 15 is 0 Å². The van der Waals surface area contributed by atoms with Gasteiger partial charge >= 0.3 is 0 Å². The Morgan fingerprint density at radius 1 is 0.964 bits per heavy atom. The summed E-state index contributed by atoms with van der Waals surface area (Å²) < 4.78 is 38.0. The number of nitrogen functional groups attached to an aromatic ring is 1. The van der Waals surface area contributed by atoms with E-state index in [1.807, 2.05) is 18.2 Å². The Hall–Kier alpha value is -2.29. The fraction of sp³-hybridized carbons (Fsp3) is 0.400. The summed E-state index contributed by atoms with van der Waals surface area (Å²) in [6.07, 6.45) is 0. The first-order valence-electron chi connectivity index (χ1n) is 9.18. The van der Waals surface area contributed by atoms with Gasteiger partial charge in [-0.25, -0.2) is 8.42 Å². The number of sulfonamides is 1. The third-order valence-electron chi connectivity index (χ3n) is 5.23. The van der Waals surface area contributed by atoms with Crippen molar-refractivity contribution in [1.29, 1.82) is 0 Å². The molecule has 2 aromatic rings. The molecule has 1 saturated heterocycles. The molecule has 0 amide bonds. The lowest BCUT2D eigenvalue weighted by Crippen LogP contribution is -2.49. The van der Waals surface area contributed by atoms with Gasteiger partial charge in [0.1, 0.15) is 11.5 Å². The number of piperazine rings is 1. The van der Waals surface area contributed by atoms with Crippen LogP contribution in [0.15, 0.2) is 47.4 Å². The summed E-state index contributed by atoms with van der Waals surface area (Å²) in [6, 6.07) is 12.2. The zero-order valence-corrected chi connectivity index (χ0v) is 17.3. The molecule has 1 heterocycles. The van der Waals surface area contributed by atoms with Gasteiger partial charge in [0.2, 0.25) is 10.0 Å². The minimum Gasteiger partial charge on any atom is -0.497 e. The molecule has 1 fully saturated rings. The van der Waals surface area contributed by atoms with Crippen molar-refractivity contribution in [2.75, 3.05) is 46.1 Å². The summed E-state index contributed by atoms with van der Waals surface area (Å²) in [6.45, 7) is 4.27. The van der Waals surface area contributed by atoms with Crippen LogP contribution >= 0.6 is 0 Å². The van der Waals surface area contributed by atoms with E-state index in [4.69, 9.17) is 15.2 Å². The fourth-order valence-electron chi connectivity index (χ4n) is 3.48. The number of rotatable bonds is 6. The number of hydrogen-bond acceptors (Lipinski definition) is 6. The summed E-state index contributed by atoms with van der Waals surface area (Å²) in [7, 11) is -0.240. The van der Waals surface area contributed by atoms with E-state index in [1.54, 1.807) is 38.5 Å². The van der Waals surface area contributed by atoms with Gasteiger partial charge in [-0.3, -0.25) is 4.90 Å². The molecule has 7 nitrogen and oxygen atoms in total. The van der Waals surface area contributed by atoms with Crippen molar-refractivity contribution in [2.24, 2.45) is 0 Å². The summed E-state index contributed by atoms with van der Waals surface area (Å²) in [5.41, 5.74) is 7.26. The van der Waals surface area contributed by atoms with Crippen LogP contribution < -0.4 is 15.2 Å². The minimum atomic E-state index is -3.50. The van der Waals surface area contributed by atoms with E-state index in [1.165, 1.54) is 4.31 Å². The second-order valence-corrected chi connectivity index (χ2v) is 8.73.